The van der Waals surface area contributed by atoms with Crippen LogP contribution in [0.5, 0.6) is 5.75 Å². The highest BCUT2D eigenvalue weighted by atomic mass is 16.3. The van der Waals surface area contributed by atoms with Gasteiger partial charge in [-0.05, 0) is 42.0 Å². The molecule has 0 radical (unpaired) electrons. The lowest BCUT2D eigenvalue weighted by molar-refractivity contribution is -0.118. The van der Waals surface area contributed by atoms with Gasteiger partial charge in [-0.25, -0.2) is 0 Å². The number of aromatic amines is 1. The molecule has 4 aromatic rings. The lowest BCUT2D eigenvalue weighted by Crippen LogP contribution is -2.45. The number of phenolic OH excluding ortho intramolecular Hbond substituents is 1. The van der Waals surface area contributed by atoms with Crippen molar-refractivity contribution in [2.75, 3.05) is 5.32 Å². The Morgan fingerprint density at radius 3 is 2.43 bits per heavy atom. The topological polar surface area (TPSA) is 94.2 Å². The van der Waals surface area contributed by atoms with Crippen LogP contribution >= 0.6 is 0 Å². The van der Waals surface area contributed by atoms with Crippen LogP contribution in [0.15, 0.2) is 85.1 Å². The third-order valence-electron chi connectivity index (χ3n) is 4.88. The Kier molecular flexibility index (Phi) is 5.48. The van der Waals surface area contributed by atoms with Crippen molar-refractivity contribution in [3.63, 3.8) is 0 Å². The lowest BCUT2D eigenvalue weighted by atomic mass is 10.0. The minimum atomic E-state index is -0.799. The Labute approximate surface area is 173 Å². The van der Waals surface area contributed by atoms with E-state index in [-0.39, 0.29) is 24.0 Å². The van der Waals surface area contributed by atoms with Crippen molar-refractivity contribution in [2.45, 2.75) is 12.5 Å². The van der Waals surface area contributed by atoms with E-state index in [2.05, 4.69) is 15.6 Å². The number of hydrogen-bond acceptors (Lipinski definition) is 3. The molecule has 6 nitrogen and oxygen atoms in total. The summed E-state index contributed by atoms with van der Waals surface area (Å²) < 4.78 is 0. The molecule has 0 fully saturated rings. The summed E-state index contributed by atoms with van der Waals surface area (Å²) in [5, 5.41) is 16.3. The summed E-state index contributed by atoms with van der Waals surface area (Å²) in [7, 11) is 0. The smallest absolute Gasteiger partial charge is 0.251 e. The molecule has 4 N–H and O–H groups in total. The maximum Gasteiger partial charge on any atom is 0.251 e. The number of para-hydroxylation sites is 1. The van der Waals surface area contributed by atoms with Crippen LogP contribution in [0.3, 0.4) is 0 Å². The average molecular weight is 399 g/mol. The summed E-state index contributed by atoms with van der Waals surface area (Å²) in [4.78, 5) is 28.9. The first kappa shape index (κ1) is 19.3. The number of aromatic hydroxyl groups is 1. The van der Waals surface area contributed by atoms with Gasteiger partial charge in [-0.3, -0.25) is 9.59 Å². The summed E-state index contributed by atoms with van der Waals surface area (Å²) in [6.07, 6.45) is 2.09. The van der Waals surface area contributed by atoms with Crippen molar-refractivity contribution >= 4 is 28.4 Å². The molecule has 1 aromatic heterocycles. The van der Waals surface area contributed by atoms with Crippen LogP contribution in [0.1, 0.15) is 15.9 Å². The van der Waals surface area contributed by atoms with Gasteiger partial charge >= 0.3 is 0 Å². The number of phenols is 1. The fraction of sp³-hybridized carbons (Fsp3) is 0.0833. The summed E-state index contributed by atoms with van der Waals surface area (Å²) in [6, 6.07) is 22.1. The molecule has 0 aliphatic rings. The van der Waals surface area contributed by atoms with Gasteiger partial charge in [0.25, 0.3) is 5.91 Å². The van der Waals surface area contributed by atoms with Gasteiger partial charge in [0.1, 0.15) is 11.8 Å². The second-order valence-electron chi connectivity index (χ2n) is 7.00. The lowest BCUT2D eigenvalue weighted by Gasteiger charge is -2.19. The first-order chi connectivity index (χ1) is 14.6. The van der Waals surface area contributed by atoms with Crippen molar-refractivity contribution in [1.29, 1.82) is 0 Å². The number of fused-ring (bicyclic) bond motifs is 1. The normalized spacial score (nSPS) is 11.7. The van der Waals surface area contributed by atoms with Crippen molar-refractivity contribution in [2.24, 2.45) is 0 Å². The van der Waals surface area contributed by atoms with Gasteiger partial charge in [0.05, 0.1) is 11.2 Å². The van der Waals surface area contributed by atoms with E-state index in [1.54, 1.807) is 48.5 Å². The maximum atomic E-state index is 13.1. The number of benzene rings is 3. The summed E-state index contributed by atoms with van der Waals surface area (Å²) in [5.74, 6) is -0.506. The minimum Gasteiger partial charge on any atom is -0.508 e. The molecule has 6 heteroatoms. The average Bonchev–Trinajstić information content (AvgIpc) is 3.25. The van der Waals surface area contributed by atoms with Gasteiger partial charge in [-0.2, -0.15) is 0 Å². The molecule has 0 aliphatic carbocycles. The highest BCUT2D eigenvalue weighted by molar-refractivity contribution is 6.05. The molecule has 1 heterocycles. The number of carbonyl (C=O) groups is 2. The molecule has 30 heavy (non-hydrogen) atoms. The van der Waals surface area contributed by atoms with E-state index >= 15 is 0 Å². The summed E-state index contributed by atoms with van der Waals surface area (Å²) in [5.41, 5.74) is 2.77. The third kappa shape index (κ3) is 4.33. The Balaban J connectivity index is 1.58. The first-order valence-corrected chi connectivity index (χ1v) is 9.61. The fourth-order valence-corrected chi connectivity index (χ4v) is 3.32. The zero-order valence-electron chi connectivity index (χ0n) is 16.1. The van der Waals surface area contributed by atoms with Gasteiger partial charge in [0.2, 0.25) is 5.91 Å². The van der Waals surface area contributed by atoms with Crippen molar-refractivity contribution < 1.29 is 14.7 Å². The van der Waals surface area contributed by atoms with Gasteiger partial charge in [0, 0.05) is 23.6 Å². The van der Waals surface area contributed by atoms with Gasteiger partial charge in [0.15, 0.2) is 0 Å². The molecule has 0 spiro atoms. The SMILES string of the molecule is O=C(NC(Cc1ccc(O)cc1)C(=O)Nc1cccc2cc[nH]c12)c1ccccc1. The highest BCUT2D eigenvalue weighted by Gasteiger charge is 2.23. The Morgan fingerprint density at radius 1 is 0.900 bits per heavy atom. The van der Waals surface area contributed by atoms with E-state index in [0.717, 1.165) is 16.5 Å². The number of nitrogens with one attached hydrogen (secondary N) is 3. The standard InChI is InChI=1S/C24H21N3O3/c28-19-11-9-16(10-12-19)15-21(27-23(29)18-5-2-1-3-6-18)24(30)26-20-8-4-7-17-13-14-25-22(17)20/h1-14,21,25,28H,15H2,(H,26,30)(H,27,29). The number of aromatic nitrogens is 1. The highest BCUT2D eigenvalue weighted by Crippen LogP contribution is 2.22. The van der Waals surface area contributed by atoms with E-state index in [9.17, 15) is 14.7 Å². The number of rotatable bonds is 6. The predicted octanol–water partition coefficient (Wildman–Crippen LogP) is 3.85. The number of hydrogen-bond donors (Lipinski definition) is 4. The van der Waals surface area contributed by atoms with Crippen LogP contribution in [-0.4, -0.2) is 27.9 Å². The van der Waals surface area contributed by atoms with E-state index < -0.39 is 6.04 Å². The molecule has 4 rings (SSSR count). The van der Waals surface area contributed by atoms with Crippen molar-refractivity contribution in [3.8, 4) is 5.75 Å². The Morgan fingerprint density at radius 2 is 1.67 bits per heavy atom. The fourth-order valence-electron chi connectivity index (χ4n) is 3.32. The summed E-state index contributed by atoms with van der Waals surface area (Å²) >= 11 is 0. The second-order valence-corrected chi connectivity index (χ2v) is 7.00. The van der Waals surface area contributed by atoms with E-state index in [1.165, 1.54) is 0 Å². The quantitative estimate of drug-likeness (QED) is 0.397. The molecule has 1 atom stereocenters. The Hall–Kier alpha value is -4.06. The number of carbonyl (C=O) groups excluding carboxylic acids is 2. The number of H-pyrrole nitrogens is 1. The zero-order chi connectivity index (χ0) is 20.9. The molecule has 0 saturated carbocycles. The van der Waals surface area contributed by atoms with Crippen LogP contribution in [0.2, 0.25) is 0 Å². The van der Waals surface area contributed by atoms with Crippen LogP contribution in [-0.2, 0) is 11.2 Å². The molecule has 0 saturated heterocycles. The Bertz CT molecular complexity index is 1170. The van der Waals surface area contributed by atoms with E-state index in [1.807, 2.05) is 36.5 Å². The van der Waals surface area contributed by atoms with E-state index in [0.29, 0.717) is 11.3 Å². The number of amides is 2. The van der Waals surface area contributed by atoms with Crippen LogP contribution < -0.4 is 10.6 Å². The molecule has 2 amide bonds. The van der Waals surface area contributed by atoms with Gasteiger partial charge < -0.3 is 20.7 Å². The van der Waals surface area contributed by atoms with Crippen LogP contribution in [0.4, 0.5) is 5.69 Å². The van der Waals surface area contributed by atoms with Crippen LogP contribution in [0.25, 0.3) is 10.9 Å². The second kappa shape index (κ2) is 8.53. The molecule has 1 unspecified atom stereocenters. The van der Waals surface area contributed by atoms with Gasteiger partial charge in [-0.1, -0.05) is 42.5 Å². The number of anilines is 1. The zero-order valence-corrected chi connectivity index (χ0v) is 16.1. The third-order valence-corrected chi connectivity index (χ3v) is 4.88. The molecular weight excluding hydrogens is 378 g/mol. The monoisotopic (exact) mass is 399 g/mol. The van der Waals surface area contributed by atoms with Crippen molar-refractivity contribution in [1.82, 2.24) is 10.3 Å². The predicted molar refractivity (Wildman–Crippen MR) is 116 cm³/mol. The van der Waals surface area contributed by atoms with E-state index in [4.69, 9.17) is 0 Å². The van der Waals surface area contributed by atoms with Crippen LogP contribution in [0, 0.1) is 0 Å². The minimum absolute atomic E-state index is 0.145. The molecule has 0 aliphatic heterocycles. The maximum absolute atomic E-state index is 13.1. The molecule has 0 bridgehead atoms. The molecule has 150 valence electrons. The van der Waals surface area contributed by atoms with Gasteiger partial charge in [-0.15, -0.1) is 0 Å². The molecule has 3 aromatic carbocycles. The van der Waals surface area contributed by atoms with Crippen molar-refractivity contribution in [3.05, 3.63) is 96.2 Å². The molecular formula is C24H21N3O3. The summed E-state index contributed by atoms with van der Waals surface area (Å²) in [6.45, 7) is 0. The largest absolute Gasteiger partial charge is 0.508 e. The first-order valence-electron chi connectivity index (χ1n) is 9.61.